The molecular formula is C29H35FN4O3. The molecule has 0 saturated heterocycles. The van der Waals surface area contributed by atoms with Crippen molar-refractivity contribution >= 4 is 28.5 Å². The van der Waals surface area contributed by atoms with Crippen molar-refractivity contribution in [2.24, 2.45) is 16.9 Å². The molecular weight excluding hydrogens is 471 g/mol. The monoisotopic (exact) mass is 506 g/mol. The van der Waals surface area contributed by atoms with Gasteiger partial charge in [-0.1, -0.05) is 32.0 Å². The molecule has 0 spiro atoms. The molecule has 1 aromatic heterocycles. The number of carbonyl (C=O) groups excluding carboxylic acids is 2. The van der Waals surface area contributed by atoms with Gasteiger partial charge in [0.1, 0.15) is 11.9 Å². The third-order valence-electron chi connectivity index (χ3n) is 7.68. The van der Waals surface area contributed by atoms with Gasteiger partial charge in [0, 0.05) is 46.9 Å². The van der Waals surface area contributed by atoms with E-state index in [4.69, 9.17) is 16.2 Å². The van der Waals surface area contributed by atoms with Crippen molar-refractivity contribution in [3.63, 3.8) is 0 Å². The van der Waals surface area contributed by atoms with E-state index >= 15 is 4.39 Å². The van der Waals surface area contributed by atoms with Crippen LogP contribution in [0.25, 0.3) is 22.0 Å². The van der Waals surface area contributed by atoms with Crippen LogP contribution in [0.15, 0.2) is 36.4 Å². The average molecular weight is 507 g/mol. The number of ether oxygens (including phenoxy) is 1. The highest BCUT2D eigenvalue weighted by Gasteiger charge is 2.35. The number of aromatic nitrogens is 1. The number of anilines is 1. The van der Waals surface area contributed by atoms with Gasteiger partial charge in [0.25, 0.3) is 0 Å². The summed E-state index contributed by atoms with van der Waals surface area (Å²) in [5.74, 6) is -0.682. The molecule has 37 heavy (non-hydrogen) atoms. The number of nitrogens with two attached hydrogens (primary N) is 2. The molecule has 0 amide bonds. The highest BCUT2D eigenvalue weighted by atomic mass is 19.1. The number of halogens is 1. The number of esters is 1. The Morgan fingerprint density at radius 1 is 1.14 bits per heavy atom. The predicted octanol–water partition coefficient (Wildman–Crippen LogP) is 4.74. The van der Waals surface area contributed by atoms with Gasteiger partial charge in [-0.2, -0.15) is 0 Å². The first-order valence-electron chi connectivity index (χ1n) is 13.0. The first-order valence-corrected chi connectivity index (χ1v) is 13.0. The SMILES string of the molecule is CC1(C)CC(=O)n2c(c(-c3cc(F)c(CN)c(NC4CCC(OC(=O)CN)CC4)c3)c3ccccc32)C1. The van der Waals surface area contributed by atoms with Crippen LogP contribution < -0.4 is 16.8 Å². The Morgan fingerprint density at radius 3 is 2.57 bits per heavy atom. The number of para-hydroxylation sites is 1. The molecule has 0 radical (unpaired) electrons. The minimum absolute atomic E-state index is 0.0675. The molecule has 3 aromatic rings. The molecule has 7 nitrogen and oxygen atoms in total. The molecule has 0 atom stereocenters. The molecule has 8 heteroatoms. The fraction of sp³-hybridized carbons (Fsp3) is 0.448. The van der Waals surface area contributed by atoms with Gasteiger partial charge in [0.05, 0.1) is 12.1 Å². The van der Waals surface area contributed by atoms with Gasteiger partial charge >= 0.3 is 5.97 Å². The number of hydrogen-bond acceptors (Lipinski definition) is 6. The number of nitrogens with zero attached hydrogens (tertiary/aromatic N) is 1. The van der Waals surface area contributed by atoms with Crippen molar-refractivity contribution in [2.45, 2.75) is 71.1 Å². The Hall–Kier alpha value is -3.23. The van der Waals surface area contributed by atoms with Crippen molar-refractivity contribution in [1.29, 1.82) is 0 Å². The van der Waals surface area contributed by atoms with Gasteiger partial charge in [-0.05, 0) is 61.3 Å². The smallest absolute Gasteiger partial charge is 0.319 e. The average Bonchev–Trinajstić information content (AvgIpc) is 3.18. The van der Waals surface area contributed by atoms with Crippen LogP contribution in [-0.4, -0.2) is 35.1 Å². The van der Waals surface area contributed by atoms with E-state index in [1.807, 2.05) is 34.9 Å². The second-order valence-corrected chi connectivity index (χ2v) is 11.1. The maximum atomic E-state index is 15.5. The van der Waals surface area contributed by atoms with Gasteiger partial charge in [0.2, 0.25) is 5.91 Å². The lowest BCUT2D eigenvalue weighted by Gasteiger charge is -2.31. The molecule has 2 aromatic carbocycles. The molecule has 0 bridgehead atoms. The Labute approximate surface area is 216 Å². The molecule has 1 saturated carbocycles. The predicted molar refractivity (Wildman–Crippen MR) is 143 cm³/mol. The first-order chi connectivity index (χ1) is 17.7. The molecule has 1 aliphatic carbocycles. The number of nitrogens with one attached hydrogen (secondary N) is 1. The lowest BCUT2D eigenvalue weighted by molar-refractivity contribution is -0.148. The Bertz CT molecular complexity index is 1350. The zero-order valence-corrected chi connectivity index (χ0v) is 21.5. The van der Waals surface area contributed by atoms with Gasteiger partial charge < -0.3 is 21.5 Å². The minimum Gasteiger partial charge on any atom is -0.461 e. The lowest BCUT2D eigenvalue weighted by Crippen LogP contribution is -2.33. The summed E-state index contributed by atoms with van der Waals surface area (Å²) < 4.78 is 22.7. The summed E-state index contributed by atoms with van der Waals surface area (Å²) in [5.41, 5.74) is 15.7. The van der Waals surface area contributed by atoms with Crippen LogP contribution in [0.2, 0.25) is 0 Å². The Morgan fingerprint density at radius 2 is 1.86 bits per heavy atom. The van der Waals surface area contributed by atoms with Crippen LogP contribution >= 0.6 is 0 Å². The van der Waals surface area contributed by atoms with E-state index in [1.165, 1.54) is 0 Å². The number of benzene rings is 2. The van der Waals surface area contributed by atoms with E-state index in [2.05, 4.69) is 19.2 Å². The van der Waals surface area contributed by atoms with Crippen LogP contribution in [0.5, 0.6) is 0 Å². The van der Waals surface area contributed by atoms with E-state index < -0.39 is 0 Å². The van der Waals surface area contributed by atoms with Crippen LogP contribution in [0.3, 0.4) is 0 Å². The molecule has 2 aliphatic rings. The van der Waals surface area contributed by atoms with Crippen molar-refractivity contribution in [3.05, 3.63) is 53.5 Å². The topological polar surface area (TPSA) is 112 Å². The number of hydrogen-bond donors (Lipinski definition) is 3. The van der Waals surface area contributed by atoms with Crippen molar-refractivity contribution in [1.82, 2.24) is 4.57 Å². The number of carbonyl (C=O) groups is 2. The first kappa shape index (κ1) is 25.4. The van der Waals surface area contributed by atoms with Gasteiger partial charge in [0.15, 0.2) is 0 Å². The summed E-state index contributed by atoms with van der Waals surface area (Å²) in [6.07, 6.45) is 4.06. The largest absolute Gasteiger partial charge is 0.461 e. The summed E-state index contributed by atoms with van der Waals surface area (Å²) in [6.45, 7) is 4.15. The zero-order valence-electron chi connectivity index (χ0n) is 21.5. The summed E-state index contributed by atoms with van der Waals surface area (Å²) in [6, 6.07) is 11.5. The van der Waals surface area contributed by atoms with Crippen LogP contribution in [0.4, 0.5) is 10.1 Å². The molecule has 5 N–H and O–H groups in total. The van der Waals surface area contributed by atoms with Crippen molar-refractivity contribution < 1.29 is 18.7 Å². The van der Waals surface area contributed by atoms with E-state index in [1.54, 1.807) is 6.07 Å². The summed E-state index contributed by atoms with van der Waals surface area (Å²) in [5, 5.41) is 4.47. The maximum Gasteiger partial charge on any atom is 0.319 e. The molecule has 196 valence electrons. The fourth-order valence-corrected chi connectivity index (χ4v) is 5.97. The highest BCUT2D eigenvalue weighted by Crippen LogP contribution is 2.44. The molecule has 2 heterocycles. The standard InChI is InChI=1S/C29H35FN4O3/c1-29(2)13-25-28(20-5-3-4-6-24(20)34(25)26(35)14-29)17-11-22(30)21(15-31)23(12-17)33-18-7-9-19(10-8-18)37-27(36)16-32/h3-6,11-12,18-19,33H,7-10,13-16,31-32H2,1-2H3. The number of rotatable bonds is 6. The highest BCUT2D eigenvalue weighted by molar-refractivity contribution is 6.05. The van der Waals surface area contributed by atoms with Crippen LogP contribution in [0, 0.1) is 11.2 Å². The van der Waals surface area contributed by atoms with Gasteiger partial charge in [-0.15, -0.1) is 0 Å². The van der Waals surface area contributed by atoms with Gasteiger partial charge in [-0.25, -0.2) is 4.39 Å². The Kier molecular flexibility index (Phi) is 6.81. The van der Waals surface area contributed by atoms with Gasteiger partial charge in [-0.3, -0.25) is 14.2 Å². The third kappa shape index (κ3) is 4.88. The van der Waals surface area contributed by atoms with Crippen LogP contribution in [0.1, 0.15) is 62.0 Å². The quantitative estimate of drug-likeness (QED) is 0.416. The van der Waals surface area contributed by atoms with E-state index in [-0.39, 0.29) is 48.3 Å². The second kappa shape index (κ2) is 9.91. The van der Waals surface area contributed by atoms with Crippen molar-refractivity contribution in [3.8, 4) is 11.1 Å². The van der Waals surface area contributed by atoms with Crippen molar-refractivity contribution in [2.75, 3.05) is 11.9 Å². The van der Waals surface area contributed by atoms with Crippen LogP contribution in [-0.2, 0) is 22.5 Å². The third-order valence-corrected chi connectivity index (χ3v) is 7.68. The summed E-state index contributed by atoms with van der Waals surface area (Å²) in [7, 11) is 0. The number of fused-ring (bicyclic) bond motifs is 3. The normalized spacial score (nSPS) is 21.1. The molecule has 1 fully saturated rings. The molecule has 1 aliphatic heterocycles. The molecule has 0 unspecified atom stereocenters. The summed E-state index contributed by atoms with van der Waals surface area (Å²) >= 11 is 0. The molecule has 5 rings (SSSR count). The minimum atomic E-state index is -0.388. The summed E-state index contributed by atoms with van der Waals surface area (Å²) in [4.78, 5) is 24.7. The lowest BCUT2D eigenvalue weighted by atomic mass is 9.80. The zero-order chi connectivity index (χ0) is 26.3. The Balaban J connectivity index is 1.52. The fourth-order valence-electron chi connectivity index (χ4n) is 5.97. The second-order valence-electron chi connectivity index (χ2n) is 11.1. The van der Waals surface area contributed by atoms with E-state index in [0.717, 1.165) is 59.8 Å². The van der Waals surface area contributed by atoms with E-state index in [0.29, 0.717) is 17.7 Å². The maximum absolute atomic E-state index is 15.5. The van der Waals surface area contributed by atoms with E-state index in [9.17, 15) is 9.59 Å².